The molecule has 0 unspecified atom stereocenters. The molecule has 1 fully saturated rings. The van der Waals surface area contributed by atoms with E-state index >= 15 is 0 Å². The van der Waals surface area contributed by atoms with Gasteiger partial charge < -0.3 is 21.7 Å². The Morgan fingerprint density at radius 1 is 1.12 bits per heavy atom. The maximum absolute atomic E-state index is 12.0. The summed E-state index contributed by atoms with van der Waals surface area (Å²) in [6, 6.07) is -0.345. The van der Waals surface area contributed by atoms with E-state index in [4.69, 9.17) is 11.5 Å². The number of hydrogen-bond donors (Lipinski definition) is 3. The van der Waals surface area contributed by atoms with Crippen LogP contribution in [0.4, 0.5) is 0 Å². The highest BCUT2D eigenvalue weighted by Gasteiger charge is 2.27. The SMILES string of the molecule is NC(=O)CN(CC(N)=O)C(=O)[C@@H]1CCCCN1. The van der Waals surface area contributed by atoms with Crippen LogP contribution in [0.5, 0.6) is 0 Å². The van der Waals surface area contributed by atoms with E-state index in [2.05, 4.69) is 5.32 Å². The lowest BCUT2D eigenvalue weighted by molar-refractivity contribution is -0.140. The number of nitrogens with two attached hydrogens (primary N) is 2. The van der Waals surface area contributed by atoms with Crippen molar-refractivity contribution in [2.24, 2.45) is 11.5 Å². The van der Waals surface area contributed by atoms with Crippen molar-refractivity contribution in [3.05, 3.63) is 0 Å². The molecule has 0 aliphatic carbocycles. The molecule has 1 atom stereocenters. The largest absolute Gasteiger partial charge is 0.368 e. The summed E-state index contributed by atoms with van der Waals surface area (Å²) >= 11 is 0. The third-order valence-electron chi connectivity index (χ3n) is 2.61. The lowest BCUT2D eigenvalue weighted by Gasteiger charge is -2.28. The molecule has 0 aromatic rings. The van der Waals surface area contributed by atoms with E-state index < -0.39 is 11.8 Å². The lowest BCUT2D eigenvalue weighted by Crippen LogP contribution is -2.52. The van der Waals surface area contributed by atoms with Gasteiger partial charge in [0.1, 0.15) is 0 Å². The minimum absolute atomic E-state index is 0.278. The minimum Gasteiger partial charge on any atom is -0.368 e. The summed E-state index contributed by atoms with van der Waals surface area (Å²) in [6.45, 7) is 0.206. The van der Waals surface area contributed by atoms with Crippen LogP contribution < -0.4 is 16.8 Å². The van der Waals surface area contributed by atoms with Gasteiger partial charge in [-0.3, -0.25) is 14.4 Å². The molecule has 0 aromatic carbocycles. The van der Waals surface area contributed by atoms with Gasteiger partial charge in [0.25, 0.3) is 0 Å². The molecule has 3 amide bonds. The molecule has 1 rings (SSSR count). The van der Waals surface area contributed by atoms with E-state index in [0.29, 0.717) is 6.42 Å². The fourth-order valence-electron chi connectivity index (χ4n) is 1.87. The molecular formula is C10H18N4O3. The monoisotopic (exact) mass is 242 g/mol. The third-order valence-corrected chi connectivity index (χ3v) is 2.61. The number of primary amides is 2. The van der Waals surface area contributed by atoms with Crippen LogP contribution in [0.2, 0.25) is 0 Å². The second-order valence-electron chi connectivity index (χ2n) is 4.13. The van der Waals surface area contributed by atoms with E-state index in [9.17, 15) is 14.4 Å². The van der Waals surface area contributed by atoms with E-state index in [1.807, 2.05) is 0 Å². The van der Waals surface area contributed by atoms with Gasteiger partial charge in [0, 0.05) is 0 Å². The molecule has 1 aliphatic heterocycles. The Labute approximate surface area is 99.5 Å². The molecule has 1 aliphatic rings. The zero-order chi connectivity index (χ0) is 12.8. The standard InChI is InChI=1S/C10H18N4O3/c11-8(15)5-14(6-9(12)16)10(17)7-3-1-2-4-13-7/h7,13H,1-6H2,(H2,11,15)(H2,12,16)/t7-/m0/s1. The average Bonchev–Trinajstić information content (AvgIpc) is 2.27. The van der Waals surface area contributed by atoms with Gasteiger partial charge in [-0.1, -0.05) is 6.42 Å². The van der Waals surface area contributed by atoms with Gasteiger partial charge in [-0.2, -0.15) is 0 Å². The molecular weight excluding hydrogens is 224 g/mol. The Morgan fingerprint density at radius 3 is 2.12 bits per heavy atom. The van der Waals surface area contributed by atoms with Crippen LogP contribution >= 0.6 is 0 Å². The number of hydrogen-bond acceptors (Lipinski definition) is 4. The summed E-state index contributed by atoms with van der Waals surface area (Å²) in [5.41, 5.74) is 10.1. The quantitative estimate of drug-likeness (QED) is 0.513. The molecule has 0 spiro atoms. The highest BCUT2D eigenvalue weighted by molar-refractivity contribution is 5.90. The van der Waals surface area contributed by atoms with E-state index in [1.165, 1.54) is 0 Å². The van der Waals surface area contributed by atoms with Gasteiger partial charge in [0.2, 0.25) is 17.7 Å². The summed E-state index contributed by atoms with van der Waals surface area (Å²) in [6.07, 6.45) is 2.67. The van der Waals surface area contributed by atoms with Gasteiger partial charge in [-0.05, 0) is 19.4 Å². The van der Waals surface area contributed by atoms with Crippen molar-refractivity contribution in [3.63, 3.8) is 0 Å². The Kier molecular flexibility index (Phi) is 4.89. The first kappa shape index (κ1) is 13.4. The third kappa shape index (κ3) is 4.39. The smallest absolute Gasteiger partial charge is 0.240 e. The highest BCUT2D eigenvalue weighted by Crippen LogP contribution is 2.09. The van der Waals surface area contributed by atoms with Crippen LogP contribution in [0.1, 0.15) is 19.3 Å². The molecule has 1 saturated heterocycles. The Morgan fingerprint density at radius 2 is 1.71 bits per heavy atom. The molecule has 7 nitrogen and oxygen atoms in total. The van der Waals surface area contributed by atoms with E-state index in [1.54, 1.807) is 0 Å². The number of carbonyl (C=O) groups excluding carboxylic acids is 3. The highest BCUT2D eigenvalue weighted by atomic mass is 16.2. The van der Waals surface area contributed by atoms with Crippen molar-refractivity contribution in [2.75, 3.05) is 19.6 Å². The zero-order valence-electron chi connectivity index (χ0n) is 9.65. The number of nitrogens with zero attached hydrogens (tertiary/aromatic N) is 1. The Bertz CT molecular complexity index is 297. The second kappa shape index (κ2) is 6.19. The number of piperidine rings is 1. The maximum atomic E-state index is 12.0. The van der Waals surface area contributed by atoms with E-state index in [-0.39, 0.29) is 25.0 Å². The number of rotatable bonds is 5. The molecule has 96 valence electrons. The fraction of sp³-hybridized carbons (Fsp3) is 0.700. The van der Waals surface area contributed by atoms with Crippen LogP contribution in [-0.2, 0) is 14.4 Å². The molecule has 0 saturated carbocycles. The van der Waals surface area contributed by atoms with Crippen LogP contribution in [0.25, 0.3) is 0 Å². The van der Waals surface area contributed by atoms with Crippen LogP contribution in [-0.4, -0.2) is 48.3 Å². The lowest BCUT2D eigenvalue weighted by atomic mass is 10.0. The summed E-state index contributed by atoms with van der Waals surface area (Å²) < 4.78 is 0. The Hall–Kier alpha value is -1.63. The molecule has 5 N–H and O–H groups in total. The van der Waals surface area contributed by atoms with Crippen LogP contribution in [0.3, 0.4) is 0 Å². The first-order chi connectivity index (χ1) is 8.00. The van der Waals surface area contributed by atoms with Crippen molar-refractivity contribution in [2.45, 2.75) is 25.3 Å². The van der Waals surface area contributed by atoms with Crippen molar-refractivity contribution >= 4 is 17.7 Å². The average molecular weight is 242 g/mol. The van der Waals surface area contributed by atoms with E-state index in [0.717, 1.165) is 24.3 Å². The first-order valence-corrected chi connectivity index (χ1v) is 5.59. The molecule has 0 aromatic heterocycles. The van der Waals surface area contributed by atoms with Crippen molar-refractivity contribution in [1.82, 2.24) is 10.2 Å². The van der Waals surface area contributed by atoms with Gasteiger partial charge in [0.05, 0.1) is 19.1 Å². The predicted octanol–water partition coefficient (Wildman–Crippen LogP) is -2.07. The van der Waals surface area contributed by atoms with Gasteiger partial charge in [0.15, 0.2) is 0 Å². The Balaban J connectivity index is 2.63. The van der Waals surface area contributed by atoms with Gasteiger partial charge in [-0.25, -0.2) is 0 Å². The summed E-state index contributed by atoms with van der Waals surface area (Å²) in [4.78, 5) is 34.8. The first-order valence-electron chi connectivity index (χ1n) is 5.59. The zero-order valence-corrected chi connectivity index (χ0v) is 9.65. The molecule has 7 heteroatoms. The normalized spacial score (nSPS) is 19.6. The number of amides is 3. The van der Waals surface area contributed by atoms with Crippen LogP contribution in [0, 0.1) is 0 Å². The fourth-order valence-corrected chi connectivity index (χ4v) is 1.87. The van der Waals surface area contributed by atoms with Crippen molar-refractivity contribution < 1.29 is 14.4 Å². The van der Waals surface area contributed by atoms with Crippen molar-refractivity contribution in [1.29, 1.82) is 0 Å². The van der Waals surface area contributed by atoms with Gasteiger partial charge in [-0.15, -0.1) is 0 Å². The molecule has 17 heavy (non-hydrogen) atoms. The molecule has 0 radical (unpaired) electrons. The number of nitrogens with one attached hydrogen (secondary N) is 1. The second-order valence-corrected chi connectivity index (χ2v) is 4.13. The topological polar surface area (TPSA) is 119 Å². The summed E-state index contributed by atoms with van der Waals surface area (Å²) in [5.74, 6) is -1.60. The van der Waals surface area contributed by atoms with Gasteiger partial charge >= 0.3 is 0 Å². The van der Waals surface area contributed by atoms with Crippen molar-refractivity contribution in [3.8, 4) is 0 Å². The molecule has 0 bridgehead atoms. The minimum atomic E-state index is -0.657. The number of carbonyl (C=O) groups is 3. The maximum Gasteiger partial charge on any atom is 0.240 e. The predicted molar refractivity (Wildman–Crippen MR) is 60.6 cm³/mol. The summed E-state index contributed by atoms with van der Waals surface area (Å²) in [7, 11) is 0. The van der Waals surface area contributed by atoms with Crippen LogP contribution in [0.15, 0.2) is 0 Å². The summed E-state index contributed by atoms with van der Waals surface area (Å²) in [5, 5.41) is 3.05. The molecule has 1 heterocycles.